The molecule has 0 saturated heterocycles. The van der Waals surface area contributed by atoms with Gasteiger partial charge in [-0.25, -0.2) is 0 Å². The van der Waals surface area contributed by atoms with E-state index < -0.39 is 0 Å². The van der Waals surface area contributed by atoms with Crippen molar-refractivity contribution < 1.29 is 0 Å². The second-order valence-corrected chi connectivity index (χ2v) is 2.95. The highest BCUT2D eigenvalue weighted by molar-refractivity contribution is 5.40. The minimum atomic E-state index is 1.23. The summed E-state index contributed by atoms with van der Waals surface area (Å²) in [5, 5.41) is 0. The van der Waals surface area contributed by atoms with E-state index in [0.717, 1.165) is 0 Å². The Morgan fingerprint density at radius 1 is 1.30 bits per heavy atom. The summed E-state index contributed by atoms with van der Waals surface area (Å²) in [4.78, 5) is 0. The lowest BCUT2D eigenvalue weighted by atomic mass is 10.1. The SMILES string of the molecule is Cc1ccc2c(c1)CC[CH]2. The molecule has 0 atom stereocenters. The predicted molar refractivity (Wildman–Crippen MR) is 42.9 cm³/mol. The normalized spacial score (nSPS) is 15.3. The van der Waals surface area contributed by atoms with Crippen molar-refractivity contribution in [3.05, 3.63) is 41.3 Å². The Balaban J connectivity index is 2.52. The maximum atomic E-state index is 2.31. The zero-order chi connectivity index (χ0) is 6.97. The fourth-order valence-corrected chi connectivity index (χ4v) is 1.53. The van der Waals surface area contributed by atoms with Crippen molar-refractivity contribution in [1.29, 1.82) is 0 Å². The van der Waals surface area contributed by atoms with Crippen LogP contribution in [0.25, 0.3) is 0 Å². The Morgan fingerprint density at radius 3 is 3.10 bits per heavy atom. The Hall–Kier alpha value is -0.780. The van der Waals surface area contributed by atoms with Crippen LogP contribution < -0.4 is 0 Å². The number of hydrogen-bond donors (Lipinski definition) is 0. The first-order chi connectivity index (χ1) is 4.86. The van der Waals surface area contributed by atoms with E-state index in [4.69, 9.17) is 0 Å². The molecule has 0 heterocycles. The number of benzene rings is 1. The number of aryl methyl sites for hydroxylation is 2. The van der Waals surface area contributed by atoms with Crippen LogP contribution in [0.3, 0.4) is 0 Å². The molecular formula is C10H11. The number of hydrogen-bond acceptors (Lipinski definition) is 0. The molecule has 0 fully saturated rings. The van der Waals surface area contributed by atoms with Gasteiger partial charge in [0.2, 0.25) is 0 Å². The van der Waals surface area contributed by atoms with Gasteiger partial charge in [0.1, 0.15) is 0 Å². The summed E-state index contributed by atoms with van der Waals surface area (Å²) >= 11 is 0. The van der Waals surface area contributed by atoms with E-state index in [1.165, 1.54) is 29.5 Å². The van der Waals surface area contributed by atoms with E-state index in [0.29, 0.717) is 0 Å². The number of rotatable bonds is 0. The fraction of sp³-hybridized carbons (Fsp3) is 0.300. The van der Waals surface area contributed by atoms with Gasteiger partial charge >= 0.3 is 0 Å². The van der Waals surface area contributed by atoms with Gasteiger partial charge in [-0.15, -0.1) is 0 Å². The van der Waals surface area contributed by atoms with Crippen LogP contribution in [-0.2, 0) is 6.42 Å². The third-order valence-corrected chi connectivity index (χ3v) is 2.08. The van der Waals surface area contributed by atoms with Crippen LogP contribution >= 0.6 is 0 Å². The van der Waals surface area contributed by atoms with Gasteiger partial charge in [0.05, 0.1) is 0 Å². The molecule has 1 aromatic carbocycles. The van der Waals surface area contributed by atoms with Crippen molar-refractivity contribution in [1.82, 2.24) is 0 Å². The molecule has 1 radical (unpaired) electrons. The molecule has 0 nitrogen and oxygen atoms in total. The van der Waals surface area contributed by atoms with Crippen molar-refractivity contribution >= 4 is 0 Å². The summed E-state index contributed by atoms with van der Waals surface area (Å²) in [7, 11) is 0. The van der Waals surface area contributed by atoms with Crippen molar-refractivity contribution in [2.24, 2.45) is 0 Å². The summed E-state index contributed by atoms with van der Waals surface area (Å²) < 4.78 is 0. The lowest BCUT2D eigenvalue weighted by molar-refractivity contribution is 1.03. The molecule has 1 aromatic rings. The first kappa shape index (κ1) is 5.96. The molecule has 0 aromatic heterocycles. The molecule has 10 heavy (non-hydrogen) atoms. The standard InChI is InChI=1S/C10H11/c1-8-5-6-9-3-2-4-10(9)7-8/h3,5-7H,2,4H2,1H3. The highest BCUT2D eigenvalue weighted by Gasteiger charge is 2.09. The maximum Gasteiger partial charge on any atom is -0.00870 e. The summed E-state index contributed by atoms with van der Waals surface area (Å²) in [6.07, 6.45) is 4.80. The molecule has 0 bridgehead atoms. The lowest BCUT2D eigenvalue weighted by Gasteiger charge is -1.97. The second kappa shape index (κ2) is 2.12. The molecule has 1 aliphatic carbocycles. The van der Waals surface area contributed by atoms with Crippen molar-refractivity contribution in [2.75, 3.05) is 0 Å². The number of fused-ring (bicyclic) bond motifs is 1. The molecule has 0 aliphatic heterocycles. The van der Waals surface area contributed by atoms with Gasteiger partial charge in [0.25, 0.3) is 0 Å². The minimum Gasteiger partial charge on any atom is -0.0590 e. The van der Waals surface area contributed by atoms with E-state index in [-0.39, 0.29) is 0 Å². The van der Waals surface area contributed by atoms with Crippen molar-refractivity contribution in [3.63, 3.8) is 0 Å². The van der Waals surface area contributed by atoms with Crippen LogP contribution in [0.4, 0.5) is 0 Å². The van der Waals surface area contributed by atoms with Crippen LogP contribution in [0.1, 0.15) is 23.1 Å². The first-order valence-corrected chi connectivity index (χ1v) is 3.79. The van der Waals surface area contributed by atoms with Crippen LogP contribution in [-0.4, -0.2) is 0 Å². The van der Waals surface area contributed by atoms with Crippen LogP contribution in [0.5, 0.6) is 0 Å². The zero-order valence-corrected chi connectivity index (χ0v) is 6.22. The molecule has 0 unspecified atom stereocenters. The van der Waals surface area contributed by atoms with Gasteiger partial charge in [0.15, 0.2) is 0 Å². The third kappa shape index (κ3) is 0.841. The molecule has 0 N–H and O–H groups in total. The van der Waals surface area contributed by atoms with Gasteiger partial charge in [-0.05, 0) is 37.3 Å². The van der Waals surface area contributed by atoms with Gasteiger partial charge in [-0.1, -0.05) is 23.8 Å². The Kier molecular flexibility index (Phi) is 1.26. The van der Waals surface area contributed by atoms with Crippen LogP contribution in [0.2, 0.25) is 0 Å². The van der Waals surface area contributed by atoms with Gasteiger partial charge in [-0.3, -0.25) is 0 Å². The third-order valence-electron chi connectivity index (χ3n) is 2.08. The van der Waals surface area contributed by atoms with Gasteiger partial charge in [0, 0.05) is 0 Å². The Morgan fingerprint density at radius 2 is 2.20 bits per heavy atom. The van der Waals surface area contributed by atoms with Crippen molar-refractivity contribution in [3.8, 4) is 0 Å². The van der Waals surface area contributed by atoms with Gasteiger partial charge < -0.3 is 0 Å². The smallest absolute Gasteiger partial charge is 0.00870 e. The van der Waals surface area contributed by atoms with E-state index in [1.807, 2.05) is 0 Å². The summed E-state index contributed by atoms with van der Waals surface area (Å²) in [5.74, 6) is 0. The summed E-state index contributed by atoms with van der Waals surface area (Å²) in [6, 6.07) is 6.69. The summed E-state index contributed by atoms with van der Waals surface area (Å²) in [5.41, 5.74) is 4.36. The van der Waals surface area contributed by atoms with E-state index in [1.54, 1.807) is 0 Å². The second-order valence-electron chi connectivity index (χ2n) is 2.95. The van der Waals surface area contributed by atoms with E-state index in [9.17, 15) is 0 Å². The average molecular weight is 131 g/mol. The van der Waals surface area contributed by atoms with Crippen molar-refractivity contribution in [2.45, 2.75) is 19.8 Å². The monoisotopic (exact) mass is 131 g/mol. The molecule has 0 amide bonds. The topological polar surface area (TPSA) is 0 Å². The van der Waals surface area contributed by atoms with Gasteiger partial charge in [-0.2, -0.15) is 0 Å². The summed E-state index contributed by atoms with van der Waals surface area (Å²) in [6.45, 7) is 2.15. The molecule has 0 saturated carbocycles. The first-order valence-electron chi connectivity index (χ1n) is 3.79. The highest BCUT2D eigenvalue weighted by Crippen LogP contribution is 2.23. The van der Waals surface area contributed by atoms with Crippen LogP contribution in [0, 0.1) is 13.3 Å². The zero-order valence-electron chi connectivity index (χ0n) is 6.22. The minimum absolute atomic E-state index is 1.23. The maximum absolute atomic E-state index is 2.31. The van der Waals surface area contributed by atoms with E-state index in [2.05, 4.69) is 31.5 Å². The molecule has 0 spiro atoms. The largest absolute Gasteiger partial charge is 0.0590 e. The predicted octanol–water partition coefficient (Wildman–Crippen LogP) is 2.49. The highest BCUT2D eigenvalue weighted by atomic mass is 14.1. The Labute approximate surface area is 61.9 Å². The fourth-order valence-electron chi connectivity index (χ4n) is 1.53. The van der Waals surface area contributed by atoms with Crippen LogP contribution in [0.15, 0.2) is 18.2 Å². The van der Waals surface area contributed by atoms with E-state index >= 15 is 0 Å². The molecule has 51 valence electrons. The quantitative estimate of drug-likeness (QED) is 0.507. The molecular weight excluding hydrogens is 120 g/mol. The molecule has 2 rings (SSSR count). The lowest BCUT2D eigenvalue weighted by Crippen LogP contribution is -1.81. The molecule has 0 heteroatoms. The Bertz CT molecular complexity index is 248. The average Bonchev–Trinajstić information content (AvgIpc) is 2.33. The molecule has 1 aliphatic rings.